The molecule has 1 saturated heterocycles. The van der Waals surface area contributed by atoms with Crippen LogP contribution in [0.5, 0.6) is 0 Å². The summed E-state index contributed by atoms with van der Waals surface area (Å²) in [7, 11) is -2.18. The maximum atomic E-state index is 12.5. The van der Waals surface area contributed by atoms with Gasteiger partial charge in [0.1, 0.15) is 6.61 Å². The van der Waals surface area contributed by atoms with Crippen LogP contribution in [0.25, 0.3) is 0 Å². The van der Waals surface area contributed by atoms with Crippen molar-refractivity contribution in [1.82, 2.24) is 4.90 Å². The van der Waals surface area contributed by atoms with Gasteiger partial charge in [-0.25, -0.2) is 9.59 Å². The van der Waals surface area contributed by atoms with E-state index < -0.39 is 32.5 Å². The van der Waals surface area contributed by atoms with Crippen LogP contribution in [0, 0.1) is 0 Å². The van der Waals surface area contributed by atoms with Crippen LogP contribution in [-0.4, -0.2) is 49.1 Å². The number of nitrogens with zero attached hydrogens (tertiary/aromatic N) is 1. The summed E-state index contributed by atoms with van der Waals surface area (Å²) in [6.45, 7) is 11.3. The number of carbonyl (C=O) groups is 2. The van der Waals surface area contributed by atoms with Crippen LogP contribution in [0.15, 0.2) is 30.3 Å². The summed E-state index contributed by atoms with van der Waals surface area (Å²) in [5.41, 5.74) is 0.865. The standard InChI is InChI=1S/C21H33NO5Si/c1-6-13-21(2,3)28(4,5)27-17-12-14-22(18(17)19(23)24)20(25)26-15-16-10-8-7-9-11-16/h7-11,17-18H,6,12-15H2,1-5H3,(H,23,24)/t17?,18-/m0/s1. The van der Waals surface area contributed by atoms with Gasteiger partial charge in [0.05, 0.1) is 6.10 Å². The Bertz CT molecular complexity index is 677. The minimum absolute atomic E-state index is 0.0199. The van der Waals surface area contributed by atoms with Crippen molar-refractivity contribution in [3.05, 3.63) is 35.9 Å². The zero-order chi connectivity index (χ0) is 20.9. The number of carbonyl (C=O) groups excluding carboxylic acids is 1. The van der Waals surface area contributed by atoms with Crippen molar-refractivity contribution in [2.45, 2.75) is 76.9 Å². The van der Waals surface area contributed by atoms with Crippen molar-refractivity contribution >= 4 is 20.4 Å². The van der Waals surface area contributed by atoms with E-state index in [9.17, 15) is 14.7 Å². The zero-order valence-electron chi connectivity index (χ0n) is 17.6. The molecule has 1 aliphatic rings. The van der Waals surface area contributed by atoms with Crippen molar-refractivity contribution in [2.24, 2.45) is 0 Å². The van der Waals surface area contributed by atoms with E-state index in [0.717, 1.165) is 18.4 Å². The minimum atomic E-state index is -2.18. The highest BCUT2D eigenvalue weighted by Crippen LogP contribution is 2.43. The number of carboxylic acid groups (broad SMARTS) is 1. The summed E-state index contributed by atoms with van der Waals surface area (Å²) in [4.78, 5) is 25.8. The Kier molecular flexibility index (Phi) is 7.28. The molecule has 0 radical (unpaired) electrons. The van der Waals surface area contributed by atoms with Gasteiger partial charge in [-0.2, -0.15) is 0 Å². The topological polar surface area (TPSA) is 76.1 Å². The Hall–Kier alpha value is -1.86. The number of hydrogen-bond donors (Lipinski definition) is 1. The van der Waals surface area contributed by atoms with E-state index in [1.807, 2.05) is 30.3 Å². The van der Waals surface area contributed by atoms with Crippen LogP contribution >= 0.6 is 0 Å². The fourth-order valence-corrected chi connectivity index (χ4v) is 5.83. The van der Waals surface area contributed by atoms with Gasteiger partial charge in [-0.05, 0) is 36.5 Å². The molecule has 1 unspecified atom stereocenters. The zero-order valence-corrected chi connectivity index (χ0v) is 18.6. The molecular weight excluding hydrogens is 374 g/mol. The number of amides is 1. The fourth-order valence-electron chi connectivity index (χ4n) is 3.65. The molecule has 0 aromatic heterocycles. The van der Waals surface area contributed by atoms with Crippen molar-refractivity contribution in [1.29, 1.82) is 0 Å². The van der Waals surface area contributed by atoms with Gasteiger partial charge in [-0.3, -0.25) is 4.90 Å². The van der Waals surface area contributed by atoms with Crippen molar-refractivity contribution in [3.8, 4) is 0 Å². The Morgan fingerprint density at radius 1 is 1.25 bits per heavy atom. The molecule has 1 aliphatic heterocycles. The molecule has 2 rings (SSSR count). The highest BCUT2D eigenvalue weighted by atomic mass is 28.4. The van der Waals surface area contributed by atoms with Crippen LogP contribution in [0.3, 0.4) is 0 Å². The highest BCUT2D eigenvalue weighted by molar-refractivity contribution is 6.74. The number of ether oxygens (including phenoxy) is 1. The molecule has 0 spiro atoms. The summed E-state index contributed by atoms with van der Waals surface area (Å²) in [5, 5.41) is 9.80. The third kappa shape index (κ3) is 5.14. The predicted octanol–water partition coefficient (Wildman–Crippen LogP) is 4.65. The third-order valence-electron chi connectivity index (χ3n) is 5.99. The van der Waals surface area contributed by atoms with Crippen LogP contribution in [0.4, 0.5) is 4.79 Å². The predicted molar refractivity (Wildman–Crippen MR) is 111 cm³/mol. The average molecular weight is 408 g/mol. The molecule has 6 nitrogen and oxygen atoms in total. The second-order valence-electron chi connectivity index (χ2n) is 8.61. The van der Waals surface area contributed by atoms with E-state index in [1.165, 1.54) is 4.90 Å². The van der Waals surface area contributed by atoms with Crippen LogP contribution in [0.1, 0.15) is 45.6 Å². The van der Waals surface area contributed by atoms with Gasteiger partial charge < -0.3 is 14.3 Å². The van der Waals surface area contributed by atoms with E-state index >= 15 is 0 Å². The lowest BCUT2D eigenvalue weighted by Gasteiger charge is -2.42. The van der Waals surface area contributed by atoms with Crippen molar-refractivity contribution in [2.75, 3.05) is 6.54 Å². The SMILES string of the molecule is CCCC(C)(C)[Si](C)(C)OC1CCN(C(=O)OCc2ccccc2)[C@@H]1C(=O)O. The second-order valence-corrected chi connectivity index (χ2v) is 13.2. The van der Waals surface area contributed by atoms with Crippen LogP contribution < -0.4 is 0 Å². The maximum Gasteiger partial charge on any atom is 0.410 e. The summed E-state index contributed by atoms with van der Waals surface area (Å²) in [6.07, 6.45) is 1.49. The molecule has 0 aliphatic carbocycles. The van der Waals surface area contributed by atoms with E-state index in [2.05, 4.69) is 33.9 Å². The maximum absolute atomic E-state index is 12.5. The summed E-state index contributed by atoms with van der Waals surface area (Å²) >= 11 is 0. The molecule has 7 heteroatoms. The lowest BCUT2D eigenvalue weighted by Crippen LogP contribution is -2.51. The molecule has 28 heavy (non-hydrogen) atoms. The molecule has 156 valence electrons. The minimum Gasteiger partial charge on any atom is -0.480 e. The van der Waals surface area contributed by atoms with E-state index in [-0.39, 0.29) is 11.6 Å². The molecule has 1 fully saturated rings. The molecular formula is C21H33NO5Si. The lowest BCUT2D eigenvalue weighted by atomic mass is 10.1. The Morgan fingerprint density at radius 2 is 1.89 bits per heavy atom. The smallest absolute Gasteiger partial charge is 0.410 e. The summed E-state index contributed by atoms with van der Waals surface area (Å²) < 4.78 is 11.8. The first-order chi connectivity index (χ1) is 13.1. The fraction of sp³-hybridized carbons (Fsp3) is 0.619. The lowest BCUT2D eigenvalue weighted by molar-refractivity contribution is -0.144. The van der Waals surface area contributed by atoms with E-state index in [1.54, 1.807) is 0 Å². The normalized spacial score (nSPS) is 20.2. The monoisotopic (exact) mass is 407 g/mol. The molecule has 2 atom stereocenters. The largest absolute Gasteiger partial charge is 0.480 e. The van der Waals surface area contributed by atoms with Crippen LogP contribution in [0.2, 0.25) is 18.1 Å². The Balaban J connectivity index is 2.06. The first kappa shape index (κ1) is 22.4. The molecule has 1 N–H and O–H groups in total. The quantitative estimate of drug-likeness (QED) is 0.635. The number of hydrogen-bond acceptors (Lipinski definition) is 4. The Morgan fingerprint density at radius 3 is 2.46 bits per heavy atom. The molecule has 0 bridgehead atoms. The highest BCUT2D eigenvalue weighted by Gasteiger charge is 2.49. The van der Waals surface area contributed by atoms with Crippen molar-refractivity contribution in [3.63, 3.8) is 0 Å². The van der Waals surface area contributed by atoms with E-state index in [4.69, 9.17) is 9.16 Å². The van der Waals surface area contributed by atoms with Gasteiger partial charge in [0.15, 0.2) is 14.4 Å². The third-order valence-corrected chi connectivity index (χ3v) is 10.4. The number of carboxylic acids is 1. The van der Waals surface area contributed by atoms with Gasteiger partial charge in [-0.1, -0.05) is 57.5 Å². The molecule has 0 saturated carbocycles. The van der Waals surface area contributed by atoms with Gasteiger partial charge in [-0.15, -0.1) is 0 Å². The van der Waals surface area contributed by atoms with Gasteiger partial charge >= 0.3 is 12.1 Å². The van der Waals surface area contributed by atoms with Gasteiger partial charge in [0.25, 0.3) is 0 Å². The first-order valence-corrected chi connectivity index (χ1v) is 12.9. The van der Waals surface area contributed by atoms with E-state index in [0.29, 0.717) is 13.0 Å². The average Bonchev–Trinajstić information content (AvgIpc) is 3.03. The summed E-state index contributed by atoms with van der Waals surface area (Å²) in [5.74, 6) is -1.04. The molecule has 1 amide bonds. The van der Waals surface area contributed by atoms with Crippen LogP contribution in [-0.2, 0) is 20.6 Å². The number of rotatable bonds is 8. The first-order valence-electron chi connectivity index (χ1n) is 9.97. The second kappa shape index (κ2) is 9.09. The number of aliphatic carboxylic acids is 1. The summed E-state index contributed by atoms with van der Waals surface area (Å²) in [6, 6.07) is 8.35. The number of benzene rings is 1. The molecule has 1 aromatic rings. The molecule has 1 aromatic carbocycles. The van der Waals surface area contributed by atoms with Gasteiger partial charge in [0.2, 0.25) is 0 Å². The Labute approximate surface area is 169 Å². The van der Waals surface area contributed by atoms with Gasteiger partial charge in [0, 0.05) is 6.54 Å². The number of likely N-dealkylation sites (tertiary alicyclic amines) is 1. The molecule has 1 heterocycles. The van der Waals surface area contributed by atoms with Crippen molar-refractivity contribution < 1.29 is 23.9 Å².